The van der Waals surface area contributed by atoms with Crippen LogP contribution in [-0.4, -0.2) is 13.4 Å². The molecule has 1 aromatic carbocycles. The molecule has 2 aromatic heterocycles. The van der Waals surface area contributed by atoms with E-state index in [4.69, 9.17) is 11.6 Å². The Morgan fingerprint density at radius 1 is 1.15 bits per heavy atom. The van der Waals surface area contributed by atoms with Gasteiger partial charge in [0, 0.05) is 11.6 Å². The number of thiophene rings is 1. The van der Waals surface area contributed by atoms with Crippen molar-refractivity contribution in [3.8, 4) is 0 Å². The normalized spacial score (nSPS) is 11.7. The smallest absolute Gasteiger partial charge is 0.271 e. The van der Waals surface area contributed by atoms with Gasteiger partial charge in [-0.1, -0.05) is 17.7 Å². The van der Waals surface area contributed by atoms with E-state index in [1.54, 1.807) is 48.0 Å². The highest BCUT2D eigenvalue weighted by Gasteiger charge is 2.17. The van der Waals surface area contributed by atoms with E-state index in [0.717, 1.165) is 11.3 Å². The van der Waals surface area contributed by atoms with Gasteiger partial charge in [-0.05, 0) is 35.7 Å². The predicted molar refractivity (Wildman–Crippen MR) is 81.9 cm³/mol. The number of benzene rings is 1. The van der Waals surface area contributed by atoms with Crippen LogP contribution in [0.3, 0.4) is 0 Å². The Labute approximate surface area is 125 Å². The Kier molecular flexibility index (Phi) is 3.37. The van der Waals surface area contributed by atoms with Crippen LogP contribution in [0, 0.1) is 0 Å². The lowest BCUT2D eigenvalue weighted by molar-refractivity contribution is 0.603. The zero-order valence-electron chi connectivity index (χ0n) is 10.1. The van der Waals surface area contributed by atoms with Crippen molar-refractivity contribution in [3.05, 3.63) is 53.0 Å². The minimum atomic E-state index is -3.59. The van der Waals surface area contributed by atoms with Gasteiger partial charge in [-0.25, -0.2) is 8.42 Å². The number of fused-ring (bicyclic) bond motifs is 1. The molecule has 0 spiro atoms. The lowest BCUT2D eigenvalue weighted by Crippen LogP contribution is -2.12. The van der Waals surface area contributed by atoms with Crippen LogP contribution in [0.25, 0.3) is 10.9 Å². The molecule has 0 bridgehead atoms. The van der Waals surface area contributed by atoms with Crippen LogP contribution >= 0.6 is 22.9 Å². The average Bonchev–Trinajstić information content (AvgIpc) is 2.97. The lowest BCUT2D eigenvalue weighted by Gasteiger charge is -2.09. The standard InChI is InChI=1S/C13H9ClN2O2S2/c14-10-5-6-11(13-9(10)3-1-7-15-13)16-20(17,18)12-4-2-8-19-12/h1-8,16H. The Hall–Kier alpha value is -1.63. The number of anilines is 1. The highest BCUT2D eigenvalue weighted by atomic mass is 35.5. The zero-order chi connectivity index (χ0) is 14.2. The molecule has 0 aliphatic heterocycles. The number of rotatable bonds is 3. The summed E-state index contributed by atoms with van der Waals surface area (Å²) in [5, 5.41) is 2.96. The number of halogens is 1. The number of pyridine rings is 1. The summed E-state index contributed by atoms with van der Waals surface area (Å²) in [6, 6.07) is 10.1. The maximum Gasteiger partial charge on any atom is 0.271 e. The molecule has 102 valence electrons. The molecule has 20 heavy (non-hydrogen) atoms. The summed E-state index contributed by atoms with van der Waals surface area (Å²) in [5.41, 5.74) is 0.943. The first kappa shape index (κ1) is 13.4. The second kappa shape index (κ2) is 5.05. The second-order valence-electron chi connectivity index (χ2n) is 4.03. The third-order valence-electron chi connectivity index (χ3n) is 2.72. The Morgan fingerprint density at radius 3 is 2.75 bits per heavy atom. The van der Waals surface area contributed by atoms with Crippen molar-refractivity contribution in [2.75, 3.05) is 4.72 Å². The van der Waals surface area contributed by atoms with Gasteiger partial charge in [0.05, 0.1) is 16.2 Å². The molecule has 0 fully saturated rings. The van der Waals surface area contributed by atoms with Crippen molar-refractivity contribution in [2.45, 2.75) is 4.21 Å². The number of hydrogen-bond acceptors (Lipinski definition) is 4. The van der Waals surface area contributed by atoms with Crippen molar-refractivity contribution >= 4 is 49.6 Å². The van der Waals surface area contributed by atoms with Crippen LogP contribution in [-0.2, 0) is 10.0 Å². The number of hydrogen-bond donors (Lipinski definition) is 1. The van der Waals surface area contributed by atoms with Gasteiger partial charge >= 0.3 is 0 Å². The molecule has 0 radical (unpaired) electrons. The van der Waals surface area contributed by atoms with E-state index in [-0.39, 0.29) is 4.21 Å². The van der Waals surface area contributed by atoms with Gasteiger partial charge in [-0.15, -0.1) is 11.3 Å². The molecule has 0 saturated carbocycles. The number of sulfonamides is 1. The number of nitrogens with one attached hydrogen (secondary N) is 1. The fourth-order valence-corrected chi connectivity index (χ4v) is 4.11. The van der Waals surface area contributed by atoms with Gasteiger partial charge in [0.15, 0.2) is 0 Å². The summed E-state index contributed by atoms with van der Waals surface area (Å²) < 4.78 is 27.3. The van der Waals surface area contributed by atoms with Gasteiger partial charge in [0.1, 0.15) is 4.21 Å². The van der Waals surface area contributed by atoms with Gasteiger partial charge in [0.25, 0.3) is 10.0 Å². The van der Waals surface area contributed by atoms with E-state index in [2.05, 4.69) is 9.71 Å². The molecule has 0 amide bonds. The lowest BCUT2D eigenvalue weighted by atomic mass is 10.2. The van der Waals surface area contributed by atoms with E-state index < -0.39 is 10.0 Å². The fourth-order valence-electron chi connectivity index (χ4n) is 1.83. The first-order chi connectivity index (χ1) is 9.58. The molecule has 0 atom stereocenters. The number of nitrogens with zero attached hydrogens (tertiary/aromatic N) is 1. The van der Waals surface area contributed by atoms with Gasteiger partial charge in [-0.3, -0.25) is 9.71 Å². The quantitative estimate of drug-likeness (QED) is 0.798. The summed E-state index contributed by atoms with van der Waals surface area (Å²) in [4.78, 5) is 4.20. The topological polar surface area (TPSA) is 59.1 Å². The maximum atomic E-state index is 12.2. The molecule has 0 aliphatic carbocycles. The third kappa shape index (κ3) is 2.37. The molecular weight excluding hydrogens is 316 g/mol. The van der Waals surface area contributed by atoms with E-state index in [9.17, 15) is 8.42 Å². The molecule has 1 N–H and O–H groups in total. The SMILES string of the molecule is O=S(=O)(Nc1ccc(Cl)c2cccnc12)c1cccs1. The maximum absolute atomic E-state index is 12.2. The predicted octanol–water partition coefficient (Wildman–Crippen LogP) is 3.75. The van der Waals surface area contributed by atoms with E-state index >= 15 is 0 Å². The van der Waals surface area contributed by atoms with Crippen LogP contribution in [0.15, 0.2) is 52.2 Å². The molecule has 3 rings (SSSR count). The van der Waals surface area contributed by atoms with Crippen molar-refractivity contribution in [3.63, 3.8) is 0 Å². The van der Waals surface area contributed by atoms with Gasteiger partial charge in [0.2, 0.25) is 0 Å². The second-order valence-corrected chi connectivity index (χ2v) is 7.30. The molecule has 0 saturated heterocycles. The minimum absolute atomic E-state index is 0.261. The zero-order valence-corrected chi connectivity index (χ0v) is 12.5. The summed E-state index contributed by atoms with van der Waals surface area (Å²) in [6.07, 6.45) is 1.60. The highest BCUT2D eigenvalue weighted by molar-refractivity contribution is 7.94. The largest absolute Gasteiger partial charge is 0.277 e. The minimum Gasteiger partial charge on any atom is -0.277 e. The highest BCUT2D eigenvalue weighted by Crippen LogP contribution is 2.30. The van der Waals surface area contributed by atoms with Crippen molar-refractivity contribution in [2.24, 2.45) is 0 Å². The van der Waals surface area contributed by atoms with Crippen LogP contribution < -0.4 is 4.72 Å². The first-order valence-corrected chi connectivity index (χ1v) is 8.41. The molecule has 0 unspecified atom stereocenters. The van der Waals surface area contributed by atoms with E-state index in [1.165, 1.54) is 0 Å². The van der Waals surface area contributed by atoms with Crippen molar-refractivity contribution in [1.29, 1.82) is 0 Å². The summed E-state index contributed by atoms with van der Waals surface area (Å²) in [6.45, 7) is 0. The fraction of sp³-hybridized carbons (Fsp3) is 0. The third-order valence-corrected chi connectivity index (χ3v) is 5.81. The first-order valence-electron chi connectivity index (χ1n) is 5.67. The Morgan fingerprint density at radius 2 is 2.00 bits per heavy atom. The van der Waals surface area contributed by atoms with E-state index in [1.807, 2.05) is 0 Å². The monoisotopic (exact) mass is 324 g/mol. The molecule has 2 heterocycles. The van der Waals surface area contributed by atoms with Crippen molar-refractivity contribution in [1.82, 2.24) is 4.98 Å². The van der Waals surface area contributed by atoms with Gasteiger partial charge in [-0.2, -0.15) is 0 Å². The Balaban J connectivity index is 2.11. The summed E-state index contributed by atoms with van der Waals surface area (Å²) in [5.74, 6) is 0. The van der Waals surface area contributed by atoms with Crippen LogP contribution in [0.4, 0.5) is 5.69 Å². The van der Waals surface area contributed by atoms with Crippen LogP contribution in [0.2, 0.25) is 5.02 Å². The molecule has 0 aliphatic rings. The molecule has 4 nitrogen and oxygen atoms in total. The summed E-state index contributed by atoms with van der Waals surface area (Å²) >= 11 is 7.25. The van der Waals surface area contributed by atoms with Gasteiger partial charge < -0.3 is 0 Å². The number of aromatic nitrogens is 1. The molecule has 3 aromatic rings. The molecule has 7 heteroatoms. The van der Waals surface area contributed by atoms with E-state index in [0.29, 0.717) is 21.6 Å². The Bertz CT molecular complexity index is 861. The molecular formula is C13H9ClN2O2S2. The average molecular weight is 325 g/mol. The summed E-state index contributed by atoms with van der Waals surface area (Å²) in [7, 11) is -3.59. The van der Waals surface area contributed by atoms with Crippen LogP contribution in [0.1, 0.15) is 0 Å². The van der Waals surface area contributed by atoms with Crippen LogP contribution in [0.5, 0.6) is 0 Å². The van der Waals surface area contributed by atoms with Crippen molar-refractivity contribution < 1.29 is 8.42 Å².